The molecule has 138 valence electrons. The van der Waals surface area contributed by atoms with E-state index in [2.05, 4.69) is 5.32 Å². The molecule has 0 aliphatic carbocycles. The van der Waals surface area contributed by atoms with Gasteiger partial charge in [0.25, 0.3) is 0 Å². The summed E-state index contributed by atoms with van der Waals surface area (Å²) in [6.07, 6.45) is 1.50. The van der Waals surface area contributed by atoms with Crippen molar-refractivity contribution in [3.63, 3.8) is 0 Å². The van der Waals surface area contributed by atoms with Crippen LogP contribution in [0.2, 0.25) is 0 Å². The van der Waals surface area contributed by atoms with Gasteiger partial charge in [0.15, 0.2) is 11.5 Å². The van der Waals surface area contributed by atoms with E-state index >= 15 is 0 Å². The van der Waals surface area contributed by atoms with Gasteiger partial charge in [-0.2, -0.15) is 0 Å². The number of rotatable bonds is 6. The van der Waals surface area contributed by atoms with Gasteiger partial charge in [0.1, 0.15) is 5.75 Å². The third-order valence-corrected chi connectivity index (χ3v) is 4.34. The molecule has 1 aromatic carbocycles. The first-order valence-corrected chi connectivity index (χ1v) is 8.11. The maximum Gasteiger partial charge on any atom is 0.314 e. The van der Waals surface area contributed by atoms with Crippen LogP contribution >= 0.6 is 0 Å². The van der Waals surface area contributed by atoms with E-state index in [1.165, 1.54) is 4.90 Å². The molecule has 8 nitrogen and oxygen atoms in total. The van der Waals surface area contributed by atoms with Crippen molar-refractivity contribution in [3.05, 3.63) is 17.7 Å². The molecule has 0 spiro atoms. The van der Waals surface area contributed by atoms with Crippen LogP contribution in [0.25, 0.3) is 0 Å². The Morgan fingerprint density at radius 3 is 2.40 bits per heavy atom. The van der Waals surface area contributed by atoms with Crippen LogP contribution in [-0.4, -0.2) is 51.3 Å². The number of methoxy groups -OCH3 is 3. The van der Waals surface area contributed by atoms with Crippen molar-refractivity contribution in [2.24, 2.45) is 11.7 Å². The zero-order valence-corrected chi connectivity index (χ0v) is 14.8. The molecule has 8 heteroatoms. The maximum atomic E-state index is 12.4. The second-order valence-corrected chi connectivity index (χ2v) is 5.86. The molecule has 3 amide bonds. The number of piperidine rings is 1. The van der Waals surface area contributed by atoms with Crippen LogP contribution in [0.15, 0.2) is 12.1 Å². The molecule has 1 aliphatic heterocycles. The minimum Gasteiger partial charge on any atom is -0.496 e. The number of nitrogens with two attached hydrogens (primary N) is 1. The highest BCUT2D eigenvalue weighted by Crippen LogP contribution is 2.34. The summed E-state index contributed by atoms with van der Waals surface area (Å²) in [7, 11) is 4.65. The summed E-state index contributed by atoms with van der Waals surface area (Å²) in [6, 6.07) is 3.00. The van der Waals surface area contributed by atoms with E-state index in [1.54, 1.807) is 33.5 Å². The lowest BCUT2D eigenvalue weighted by atomic mass is 9.97. The minimum absolute atomic E-state index is 0.109. The van der Waals surface area contributed by atoms with Crippen molar-refractivity contribution in [2.45, 2.75) is 19.4 Å². The molecule has 0 radical (unpaired) electrons. The zero-order valence-electron chi connectivity index (χ0n) is 14.8. The molecule has 2 rings (SSSR count). The maximum absolute atomic E-state index is 12.4. The van der Waals surface area contributed by atoms with Gasteiger partial charge >= 0.3 is 6.03 Å². The molecule has 1 fully saturated rings. The van der Waals surface area contributed by atoms with E-state index in [1.807, 2.05) is 0 Å². The van der Waals surface area contributed by atoms with E-state index in [9.17, 15) is 9.59 Å². The van der Waals surface area contributed by atoms with Crippen molar-refractivity contribution < 1.29 is 23.8 Å². The predicted octanol–water partition coefficient (Wildman–Crippen LogP) is 1.12. The molecular formula is C17H25N3O5. The van der Waals surface area contributed by atoms with Crippen molar-refractivity contribution >= 4 is 11.9 Å². The lowest BCUT2D eigenvalue weighted by Gasteiger charge is -2.30. The second kappa shape index (κ2) is 8.46. The number of ether oxygens (including phenoxy) is 3. The van der Waals surface area contributed by atoms with Crippen LogP contribution < -0.4 is 25.3 Å². The van der Waals surface area contributed by atoms with Gasteiger partial charge in [-0.05, 0) is 18.9 Å². The van der Waals surface area contributed by atoms with E-state index in [-0.39, 0.29) is 18.4 Å². The number of carbonyl (C=O) groups excluding carboxylic acids is 2. The molecule has 0 bridgehead atoms. The number of primary amides is 1. The highest BCUT2D eigenvalue weighted by molar-refractivity contribution is 5.80. The Morgan fingerprint density at radius 2 is 1.80 bits per heavy atom. The summed E-state index contributed by atoms with van der Waals surface area (Å²) >= 11 is 0. The Hall–Kier alpha value is -2.64. The summed E-state index contributed by atoms with van der Waals surface area (Å²) in [4.78, 5) is 25.2. The molecular weight excluding hydrogens is 326 g/mol. The molecule has 1 saturated heterocycles. The van der Waals surface area contributed by atoms with Crippen LogP contribution in [-0.2, 0) is 11.3 Å². The number of urea groups is 1. The standard InChI is InChI=1S/C17H25N3O5/c1-23-13-8-15(25-3)14(24-2)7-12(13)9-19-16(21)11-5-4-6-20(10-11)17(18)22/h7-8,11H,4-6,9-10H2,1-3H3,(H2,18,22)(H,19,21)/t11-/m1/s1. The van der Waals surface area contributed by atoms with Crippen molar-refractivity contribution in [3.8, 4) is 17.2 Å². The number of hydrogen-bond acceptors (Lipinski definition) is 5. The minimum atomic E-state index is -0.487. The van der Waals surface area contributed by atoms with Crippen LogP contribution in [0, 0.1) is 5.92 Å². The predicted molar refractivity (Wildman–Crippen MR) is 91.8 cm³/mol. The van der Waals surface area contributed by atoms with Gasteiger partial charge in [0.2, 0.25) is 5.91 Å². The number of hydrogen-bond donors (Lipinski definition) is 2. The molecule has 0 unspecified atom stereocenters. The second-order valence-electron chi connectivity index (χ2n) is 5.86. The largest absolute Gasteiger partial charge is 0.496 e. The number of likely N-dealkylation sites (tertiary alicyclic amines) is 1. The Balaban J connectivity index is 2.05. The normalized spacial score (nSPS) is 16.9. The van der Waals surface area contributed by atoms with E-state index in [4.69, 9.17) is 19.9 Å². The quantitative estimate of drug-likeness (QED) is 0.799. The van der Waals surface area contributed by atoms with Crippen LogP contribution in [0.4, 0.5) is 4.79 Å². The zero-order chi connectivity index (χ0) is 18.4. The monoisotopic (exact) mass is 351 g/mol. The molecule has 1 atom stereocenters. The van der Waals surface area contributed by atoms with E-state index < -0.39 is 6.03 Å². The molecule has 1 heterocycles. The molecule has 0 saturated carbocycles. The van der Waals surface area contributed by atoms with Crippen molar-refractivity contribution in [1.29, 1.82) is 0 Å². The lowest BCUT2D eigenvalue weighted by molar-refractivity contribution is -0.126. The first-order valence-electron chi connectivity index (χ1n) is 8.11. The summed E-state index contributed by atoms with van der Waals surface area (Å²) in [5, 5.41) is 2.90. The van der Waals surface area contributed by atoms with Crippen LogP contribution in [0.3, 0.4) is 0 Å². The summed E-state index contributed by atoms with van der Waals surface area (Å²) in [5.74, 6) is 1.35. The number of amides is 3. The molecule has 1 aliphatic rings. The number of nitrogens with one attached hydrogen (secondary N) is 1. The number of benzene rings is 1. The van der Waals surface area contributed by atoms with Gasteiger partial charge in [-0.1, -0.05) is 0 Å². The fourth-order valence-corrected chi connectivity index (χ4v) is 2.95. The summed E-state index contributed by atoms with van der Waals surface area (Å²) in [5.41, 5.74) is 6.08. The fraction of sp³-hybridized carbons (Fsp3) is 0.529. The topological polar surface area (TPSA) is 103 Å². The Kier molecular flexibility index (Phi) is 6.32. The smallest absolute Gasteiger partial charge is 0.314 e. The van der Waals surface area contributed by atoms with Gasteiger partial charge in [-0.15, -0.1) is 0 Å². The van der Waals surface area contributed by atoms with Gasteiger partial charge in [-0.3, -0.25) is 4.79 Å². The van der Waals surface area contributed by atoms with E-state index in [0.29, 0.717) is 30.3 Å². The fourth-order valence-electron chi connectivity index (χ4n) is 2.95. The van der Waals surface area contributed by atoms with Crippen molar-refractivity contribution in [1.82, 2.24) is 10.2 Å². The molecule has 1 aromatic rings. The van der Waals surface area contributed by atoms with Crippen LogP contribution in [0.5, 0.6) is 17.2 Å². The number of nitrogens with zero attached hydrogens (tertiary/aromatic N) is 1. The van der Waals surface area contributed by atoms with Gasteiger partial charge in [0, 0.05) is 31.3 Å². The average molecular weight is 351 g/mol. The third-order valence-electron chi connectivity index (χ3n) is 4.34. The summed E-state index contributed by atoms with van der Waals surface area (Å²) < 4.78 is 15.9. The Bertz CT molecular complexity index is 635. The first-order chi connectivity index (χ1) is 12.0. The summed E-state index contributed by atoms with van der Waals surface area (Å²) in [6.45, 7) is 1.24. The highest BCUT2D eigenvalue weighted by atomic mass is 16.5. The third kappa shape index (κ3) is 4.46. The first kappa shape index (κ1) is 18.7. The van der Waals surface area contributed by atoms with Gasteiger partial charge < -0.3 is 30.2 Å². The van der Waals surface area contributed by atoms with Crippen molar-refractivity contribution in [2.75, 3.05) is 34.4 Å². The average Bonchev–Trinajstić information content (AvgIpc) is 2.65. The van der Waals surface area contributed by atoms with Crippen LogP contribution in [0.1, 0.15) is 18.4 Å². The van der Waals surface area contributed by atoms with Gasteiger partial charge in [0.05, 0.1) is 27.2 Å². The number of carbonyl (C=O) groups is 2. The van der Waals surface area contributed by atoms with E-state index in [0.717, 1.165) is 18.4 Å². The highest BCUT2D eigenvalue weighted by Gasteiger charge is 2.27. The Morgan fingerprint density at radius 1 is 1.16 bits per heavy atom. The molecule has 0 aromatic heterocycles. The van der Waals surface area contributed by atoms with Gasteiger partial charge in [-0.25, -0.2) is 4.79 Å². The molecule has 25 heavy (non-hydrogen) atoms. The Labute approximate surface area is 147 Å². The molecule has 3 N–H and O–H groups in total. The lowest BCUT2D eigenvalue weighted by Crippen LogP contribution is -2.47. The SMILES string of the molecule is COc1cc(OC)c(OC)cc1CNC(=O)[C@@H]1CCCN(C(N)=O)C1.